The van der Waals surface area contributed by atoms with Crippen LogP contribution in [-0.4, -0.2) is 29.2 Å². The third-order valence-electron chi connectivity index (χ3n) is 4.15. The van der Waals surface area contributed by atoms with E-state index in [0.29, 0.717) is 11.5 Å². The van der Waals surface area contributed by atoms with Crippen molar-refractivity contribution in [3.05, 3.63) is 66.9 Å². The van der Waals surface area contributed by atoms with Gasteiger partial charge in [0.05, 0.1) is 25.4 Å². The molecule has 0 bridgehead atoms. The highest BCUT2D eigenvalue weighted by Gasteiger charge is 2.11. The number of pyridine rings is 1. The molecule has 2 heterocycles. The number of rotatable bonds is 4. The molecular weight excluding hydrogens is 326 g/mol. The molecule has 0 spiro atoms. The van der Waals surface area contributed by atoms with Crippen LogP contribution in [0.15, 0.2) is 66.9 Å². The Hall–Kier alpha value is -3.47. The first-order chi connectivity index (χ1) is 12.8. The smallest absolute Gasteiger partial charge is 0.178 e. The van der Waals surface area contributed by atoms with Gasteiger partial charge in [-0.25, -0.2) is 15.0 Å². The van der Waals surface area contributed by atoms with E-state index in [-0.39, 0.29) is 0 Å². The molecule has 0 radical (unpaired) electrons. The Morgan fingerprint density at radius 1 is 0.769 bits per heavy atom. The summed E-state index contributed by atoms with van der Waals surface area (Å²) in [6.07, 6.45) is 1.82. The zero-order chi connectivity index (χ0) is 17.9. The van der Waals surface area contributed by atoms with E-state index in [4.69, 9.17) is 14.5 Å². The summed E-state index contributed by atoms with van der Waals surface area (Å²) in [6.45, 7) is 0. The van der Waals surface area contributed by atoms with Crippen molar-refractivity contribution in [1.82, 2.24) is 15.0 Å². The molecule has 4 aromatic rings. The van der Waals surface area contributed by atoms with Crippen LogP contribution in [-0.2, 0) is 0 Å². The molecule has 4 rings (SSSR count). The van der Waals surface area contributed by atoms with E-state index < -0.39 is 0 Å². The fourth-order valence-corrected chi connectivity index (χ4v) is 2.82. The summed E-state index contributed by atoms with van der Waals surface area (Å²) < 4.78 is 10.8. The molecule has 0 amide bonds. The number of aromatic nitrogens is 3. The van der Waals surface area contributed by atoms with Gasteiger partial charge in [0.25, 0.3) is 0 Å². The van der Waals surface area contributed by atoms with Crippen molar-refractivity contribution in [3.8, 4) is 34.3 Å². The molecule has 0 saturated carbocycles. The Labute approximate surface area is 151 Å². The third kappa shape index (κ3) is 2.95. The van der Waals surface area contributed by atoms with Gasteiger partial charge in [-0.1, -0.05) is 24.3 Å². The zero-order valence-corrected chi connectivity index (χ0v) is 14.5. The molecular formula is C21H17N3O2. The van der Waals surface area contributed by atoms with E-state index >= 15 is 0 Å². The zero-order valence-electron chi connectivity index (χ0n) is 14.5. The van der Waals surface area contributed by atoms with Gasteiger partial charge in [-0.3, -0.25) is 0 Å². The number of nitrogens with zero attached hydrogens (tertiary/aromatic N) is 3. The van der Waals surface area contributed by atoms with Crippen LogP contribution in [0.4, 0.5) is 0 Å². The molecule has 0 N–H and O–H groups in total. The van der Waals surface area contributed by atoms with Crippen LogP contribution < -0.4 is 9.47 Å². The molecule has 128 valence electrons. The lowest BCUT2D eigenvalue weighted by molar-refractivity contribution is 0.404. The molecule has 2 aromatic heterocycles. The van der Waals surface area contributed by atoms with Gasteiger partial charge in [0, 0.05) is 17.1 Å². The quantitative estimate of drug-likeness (QED) is 0.550. The van der Waals surface area contributed by atoms with E-state index in [0.717, 1.165) is 33.7 Å². The van der Waals surface area contributed by atoms with Crippen molar-refractivity contribution in [3.63, 3.8) is 0 Å². The molecule has 5 nitrogen and oxygen atoms in total. The first-order valence-corrected chi connectivity index (χ1v) is 8.20. The summed E-state index contributed by atoms with van der Waals surface area (Å²) in [5.74, 6) is 2.07. The van der Waals surface area contributed by atoms with Crippen LogP contribution in [0.5, 0.6) is 11.5 Å². The largest absolute Gasteiger partial charge is 0.497 e. The molecule has 0 saturated heterocycles. The first-order valence-electron chi connectivity index (χ1n) is 8.20. The second-order valence-electron chi connectivity index (χ2n) is 5.73. The maximum Gasteiger partial charge on any atom is 0.178 e. The number of methoxy groups -OCH3 is 2. The predicted octanol–water partition coefficient (Wildman–Crippen LogP) is 4.38. The summed E-state index contributed by atoms with van der Waals surface area (Å²) in [7, 11) is 3.28. The Bertz CT molecular complexity index is 1080. The Kier molecular flexibility index (Phi) is 4.19. The summed E-state index contributed by atoms with van der Waals surface area (Å²) >= 11 is 0. The molecule has 26 heavy (non-hydrogen) atoms. The lowest BCUT2D eigenvalue weighted by atomic mass is 10.1. The maximum atomic E-state index is 5.48. The van der Waals surface area contributed by atoms with Gasteiger partial charge in [-0.2, -0.15) is 0 Å². The minimum Gasteiger partial charge on any atom is -0.497 e. The normalized spacial score (nSPS) is 10.7. The second kappa shape index (κ2) is 6.80. The fourth-order valence-electron chi connectivity index (χ4n) is 2.82. The number of para-hydroxylation sites is 1. The predicted molar refractivity (Wildman–Crippen MR) is 101 cm³/mol. The molecule has 0 fully saturated rings. The van der Waals surface area contributed by atoms with E-state index in [9.17, 15) is 0 Å². The maximum absolute atomic E-state index is 5.48. The topological polar surface area (TPSA) is 57.1 Å². The van der Waals surface area contributed by atoms with Gasteiger partial charge < -0.3 is 9.47 Å². The third-order valence-corrected chi connectivity index (χ3v) is 4.15. The van der Waals surface area contributed by atoms with Crippen molar-refractivity contribution in [2.45, 2.75) is 0 Å². The monoisotopic (exact) mass is 343 g/mol. The molecule has 0 aliphatic rings. The van der Waals surface area contributed by atoms with E-state index in [1.54, 1.807) is 14.2 Å². The molecule has 0 aliphatic heterocycles. The first kappa shape index (κ1) is 16.0. The Morgan fingerprint density at radius 2 is 1.62 bits per heavy atom. The molecule has 2 aromatic carbocycles. The van der Waals surface area contributed by atoms with Crippen molar-refractivity contribution in [1.29, 1.82) is 0 Å². The van der Waals surface area contributed by atoms with Gasteiger partial charge in [-0.15, -0.1) is 0 Å². The number of benzene rings is 2. The number of hydrogen-bond acceptors (Lipinski definition) is 5. The number of ether oxygens (including phenoxy) is 2. The second-order valence-corrected chi connectivity index (χ2v) is 5.73. The van der Waals surface area contributed by atoms with Crippen molar-refractivity contribution >= 4 is 10.9 Å². The lowest BCUT2D eigenvalue weighted by Gasteiger charge is -2.11. The highest BCUT2D eigenvalue weighted by atomic mass is 16.5. The van der Waals surface area contributed by atoms with E-state index in [2.05, 4.69) is 9.97 Å². The van der Waals surface area contributed by atoms with Gasteiger partial charge in [-0.05, 0) is 36.4 Å². The summed E-state index contributed by atoms with van der Waals surface area (Å²) in [5.41, 5.74) is 3.23. The molecule has 0 aliphatic carbocycles. The van der Waals surface area contributed by atoms with Crippen molar-refractivity contribution in [2.75, 3.05) is 14.2 Å². The Balaban J connectivity index is 1.81. The van der Waals surface area contributed by atoms with Crippen LogP contribution in [0, 0.1) is 0 Å². The molecule has 0 unspecified atom stereocenters. The number of fused-ring (bicyclic) bond motifs is 1. The summed E-state index contributed by atoms with van der Waals surface area (Å²) in [5, 5.41) is 1.00. The van der Waals surface area contributed by atoms with E-state index in [1.165, 1.54) is 0 Å². The number of hydrogen-bond donors (Lipinski definition) is 0. The SMILES string of the molecule is COc1ccc(OC)c(-c2cccc(-c3ncc4ccccc4n3)n2)c1. The fraction of sp³-hybridized carbons (Fsp3) is 0.0952. The average molecular weight is 343 g/mol. The van der Waals surface area contributed by atoms with Crippen LogP contribution in [0.1, 0.15) is 0 Å². The lowest BCUT2D eigenvalue weighted by Crippen LogP contribution is -1.96. The standard InChI is InChI=1S/C21H17N3O2/c1-25-15-10-11-20(26-2)16(12-15)18-8-5-9-19(23-18)21-22-13-14-6-3-4-7-17(14)24-21/h3-13H,1-2H3. The average Bonchev–Trinajstić information content (AvgIpc) is 2.73. The van der Waals surface area contributed by atoms with Crippen LogP contribution >= 0.6 is 0 Å². The minimum absolute atomic E-state index is 0.590. The summed E-state index contributed by atoms with van der Waals surface area (Å²) in [4.78, 5) is 13.8. The van der Waals surface area contributed by atoms with Crippen LogP contribution in [0.2, 0.25) is 0 Å². The van der Waals surface area contributed by atoms with Gasteiger partial charge >= 0.3 is 0 Å². The van der Waals surface area contributed by atoms with E-state index in [1.807, 2.05) is 66.9 Å². The highest BCUT2D eigenvalue weighted by molar-refractivity contribution is 5.79. The van der Waals surface area contributed by atoms with Crippen LogP contribution in [0.25, 0.3) is 33.7 Å². The molecule has 0 atom stereocenters. The van der Waals surface area contributed by atoms with Gasteiger partial charge in [0.2, 0.25) is 0 Å². The minimum atomic E-state index is 0.590. The van der Waals surface area contributed by atoms with Crippen molar-refractivity contribution in [2.24, 2.45) is 0 Å². The van der Waals surface area contributed by atoms with Crippen LogP contribution in [0.3, 0.4) is 0 Å². The molecule has 5 heteroatoms. The van der Waals surface area contributed by atoms with Crippen molar-refractivity contribution < 1.29 is 9.47 Å². The summed E-state index contributed by atoms with van der Waals surface area (Å²) in [6, 6.07) is 19.3. The van der Waals surface area contributed by atoms with Gasteiger partial charge in [0.1, 0.15) is 17.2 Å². The van der Waals surface area contributed by atoms with Gasteiger partial charge in [0.15, 0.2) is 5.82 Å². The highest BCUT2D eigenvalue weighted by Crippen LogP contribution is 2.33. The Morgan fingerprint density at radius 3 is 2.46 bits per heavy atom.